The van der Waals surface area contributed by atoms with Gasteiger partial charge in [0.1, 0.15) is 5.54 Å². The molecule has 0 aliphatic heterocycles. The number of amides is 1. The second-order valence-corrected chi connectivity index (χ2v) is 4.61. The topological polar surface area (TPSA) is 64.3 Å². The number of nitrogens with two attached hydrogens (primary N) is 1. The number of hydrogen-bond donors (Lipinski definition) is 2. The number of rotatable bonds is 7. The summed E-state index contributed by atoms with van der Waals surface area (Å²) in [5, 5.41) is 3.25. The Bertz CT molecular complexity index is 379. The van der Waals surface area contributed by atoms with Crippen molar-refractivity contribution in [3.8, 4) is 0 Å². The first-order valence-corrected chi connectivity index (χ1v) is 6.15. The molecule has 0 fully saturated rings. The quantitative estimate of drug-likeness (QED) is 0.716. The van der Waals surface area contributed by atoms with Gasteiger partial charge in [-0.05, 0) is 11.5 Å². The zero-order chi connectivity index (χ0) is 13.6. The highest BCUT2D eigenvalue weighted by atomic mass is 16.5. The van der Waals surface area contributed by atoms with Gasteiger partial charge in [-0.3, -0.25) is 10.1 Å². The minimum atomic E-state index is -0.847. The van der Waals surface area contributed by atoms with Crippen LogP contribution >= 0.6 is 0 Å². The van der Waals surface area contributed by atoms with Crippen molar-refractivity contribution in [3.63, 3.8) is 0 Å². The van der Waals surface area contributed by atoms with Crippen LogP contribution in [0.4, 0.5) is 0 Å². The standard InChI is InChI=1S/C14H22N2O2/c1-11(2)14(13(15)17,16-9-10-18-3)12-7-5-4-6-8-12/h4-8,11,16H,9-10H2,1-3H3,(H2,15,17). The van der Waals surface area contributed by atoms with Crippen molar-refractivity contribution in [2.45, 2.75) is 19.4 Å². The van der Waals surface area contributed by atoms with Gasteiger partial charge in [0.15, 0.2) is 0 Å². The summed E-state index contributed by atoms with van der Waals surface area (Å²) in [4.78, 5) is 12.0. The summed E-state index contributed by atoms with van der Waals surface area (Å²) in [5.41, 5.74) is 5.69. The molecular weight excluding hydrogens is 228 g/mol. The van der Waals surface area contributed by atoms with Crippen molar-refractivity contribution in [1.82, 2.24) is 5.32 Å². The van der Waals surface area contributed by atoms with Gasteiger partial charge in [-0.1, -0.05) is 44.2 Å². The van der Waals surface area contributed by atoms with Crippen LogP contribution in [0.25, 0.3) is 0 Å². The fraction of sp³-hybridized carbons (Fsp3) is 0.500. The van der Waals surface area contributed by atoms with Crippen molar-refractivity contribution < 1.29 is 9.53 Å². The smallest absolute Gasteiger partial charge is 0.242 e. The first kappa shape index (κ1) is 14.7. The van der Waals surface area contributed by atoms with E-state index in [4.69, 9.17) is 10.5 Å². The van der Waals surface area contributed by atoms with E-state index in [1.54, 1.807) is 7.11 Å². The maximum Gasteiger partial charge on any atom is 0.242 e. The van der Waals surface area contributed by atoms with E-state index < -0.39 is 5.54 Å². The normalized spacial score (nSPS) is 14.4. The fourth-order valence-corrected chi connectivity index (χ4v) is 2.20. The summed E-state index contributed by atoms with van der Waals surface area (Å²) >= 11 is 0. The van der Waals surface area contributed by atoms with Crippen LogP contribution in [-0.2, 0) is 15.1 Å². The number of carbonyl (C=O) groups is 1. The third kappa shape index (κ3) is 2.89. The lowest BCUT2D eigenvalue weighted by atomic mass is 9.79. The van der Waals surface area contributed by atoms with Crippen molar-refractivity contribution in [2.24, 2.45) is 11.7 Å². The van der Waals surface area contributed by atoms with E-state index in [9.17, 15) is 4.79 Å². The predicted molar refractivity (Wildman–Crippen MR) is 72.0 cm³/mol. The maximum absolute atomic E-state index is 12.0. The minimum absolute atomic E-state index is 0.0502. The number of hydrogen-bond acceptors (Lipinski definition) is 3. The molecule has 0 saturated carbocycles. The van der Waals surface area contributed by atoms with Crippen LogP contribution in [0.3, 0.4) is 0 Å². The number of methoxy groups -OCH3 is 1. The SMILES string of the molecule is COCCNC(C(N)=O)(c1ccccc1)C(C)C. The number of primary amides is 1. The fourth-order valence-electron chi connectivity index (χ4n) is 2.20. The molecule has 1 atom stereocenters. The third-order valence-electron chi connectivity index (χ3n) is 3.19. The molecule has 0 aliphatic carbocycles. The summed E-state index contributed by atoms with van der Waals surface area (Å²) in [6, 6.07) is 9.58. The molecule has 4 nitrogen and oxygen atoms in total. The number of nitrogens with one attached hydrogen (secondary N) is 1. The maximum atomic E-state index is 12.0. The van der Waals surface area contributed by atoms with Crippen molar-refractivity contribution in [1.29, 1.82) is 0 Å². The molecule has 1 aromatic rings. The van der Waals surface area contributed by atoms with E-state index in [0.717, 1.165) is 5.56 Å². The Morgan fingerprint density at radius 2 is 2.00 bits per heavy atom. The van der Waals surface area contributed by atoms with Crippen LogP contribution in [0.5, 0.6) is 0 Å². The van der Waals surface area contributed by atoms with Crippen molar-refractivity contribution >= 4 is 5.91 Å². The van der Waals surface area contributed by atoms with Gasteiger partial charge in [0, 0.05) is 13.7 Å². The Hall–Kier alpha value is -1.39. The van der Waals surface area contributed by atoms with Crippen LogP contribution in [0.2, 0.25) is 0 Å². The van der Waals surface area contributed by atoms with Crippen molar-refractivity contribution in [3.05, 3.63) is 35.9 Å². The average molecular weight is 250 g/mol. The zero-order valence-electron chi connectivity index (χ0n) is 11.3. The second kappa shape index (κ2) is 6.52. The minimum Gasteiger partial charge on any atom is -0.383 e. The number of ether oxygens (including phenoxy) is 1. The Labute approximate surface area is 109 Å². The monoisotopic (exact) mass is 250 g/mol. The van der Waals surface area contributed by atoms with Gasteiger partial charge in [0.2, 0.25) is 5.91 Å². The summed E-state index contributed by atoms with van der Waals surface area (Å²) in [7, 11) is 1.63. The van der Waals surface area contributed by atoms with Crippen LogP contribution in [-0.4, -0.2) is 26.2 Å². The highest BCUT2D eigenvalue weighted by Crippen LogP contribution is 2.29. The van der Waals surface area contributed by atoms with Gasteiger partial charge in [-0.15, -0.1) is 0 Å². The summed E-state index contributed by atoms with van der Waals surface area (Å²) in [6.45, 7) is 5.08. The van der Waals surface area contributed by atoms with Gasteiger partial charge in [-0.2, -0.15) is 0 Å². The molecule has 0 bridgehead atoms. The van der Waals surface area contributed by atoms with Gasteiger partial charge >= 0.3 is 0 Å². The third-order valence-corrected chi connectivity index (χ3v) is 3.19. The molecule has 1 aromatic carbocycles. The number of benzene rings is 1. The molecule has 3 N–H and O–H groups in total. The van der Waals surface area contributed by atoms with E-state index >= 15 is 0 Å². The van der Waals surface area contributed by atoms with Gasteiger partial charge < -0.3 is 10.5 Å². The molecule has 0 aliphatic rings. The molecule has 0 spiro atoms. The molecular formula is C14H22N2O2. The first-order valence-electron chi connectivity index (χ1n) is 6.15. The molecule has 0 aromatic heterocycles. The van der Waals surface area contributed by atoms with Crippen LogP contribution in [0.15, 0.2) is 30.3 Å². The highest BCUT2D eigenvalue weighted by molar-refractivity contribution is 5.86. The van der Waals surface area contributed by atoms with Gasteiger partial charge in [-0.25, -0.2) is 0 Å². The Kier molecular flexibility index (Phi) is 5.31. The predicted octanol–water partition coefficient (Wildman–Crippen LogP) is 1.26. The van der Waals surface area contributed by atoms with Crippen LogP contribution in [0, 0.1) is 5.92 Å². The van der Waals surface area contributed by atoms with E-state index in [-0.39, 0.29) is 11.8 Å². The van der Waals surface area contributed by atoms with Gasteiger partial charge in [0.25, 0.3) is 0 Å². The summed E-state index contributed by atoms with van der Waals surface area (Å²) < 4.78 is 5.02. The lowest BCUT2D eigenvalue weighted by Gasteiger charge is -2.36. The molecule has 18 heavy (non-hydrogen) atoms. The molecule has 0 radical (unpaired) electrons. The largest absolute Gasteiger partial charge is 0.383 e. The lowest BCUT2D eigenvalue weighted by molar-refractivity contribution is -0.126. The van der Waals surface area contributed by atoms with E-state index in [1.165, 1.54) is 0 Å². The Morgan fingerprint density at radius 1 is 1.39 bits per heavy atom. The molecule has 4 heteroatoms. The van der Waals surface area contributed by atoms with E-state index in [2.05, 4.69) is 5.32 Å². The molecule has 0 heterocycles. The number of carbonyl (C=O) groups excluding carboxylic acids is 1. The molecule has 1 amide bonds. The van der Waals surface area contributed by atoms with Gasteiger partial charge in [0.05, 0.1) is 6.61 Å². The molecule has 0 saturated heterocycles. The molecule has 100 valence electrons. The Morgan fingerprint density at radius 3 is 2.44 bits per heavy atom. The molecule has 1 rings (SSSR count). The van der Waals surface area contributed by atoms with E-state index in [1.807, 2.05) is 44.2 Å². The van der Waals surface area contributed by atoms with E-state index in [0.29, 0.717) is 13.2 Å². The zero-order valence-corrected chi connectivity index (χ0v) is 11.3. The summed E-state index contributed by atoms with van der Waals surface area (Å²) in [6.07, 6.45) is 0. The second-order valence-electron chi connectivity index (χ2n) is 4.61. The lowest BCUT2D eigenvalue weighted by Crippen LogP contribution is -2.57. The van der Waals surface area contributed by atoms with Crippen molar-refractivity contribution in [2.75, 3.05) is 20.3 Å². The van der Waals surface area contributed by atoms with Crippen LogP contribution < -0.4 is 11.1 Å². The molecule has 1 unspecified atom stereocenters. The Balaban J connectivity index is 3.10. The highest BCUT2D eigenvalue weighted by Gasteiger charge is 2.40. The first-order chi connectivity index (χ1) is 8.55. The summed E-state index contributed by atoms with van der Waals surface area (Å²) in [5.74, 6) is -0.311. The average Bonchev–Trinajstić information content (AvgIpc) is 2.35. The van der Waals surface area contributed by atoms with Crippen LogP contribution in [0.1, 0.15) is 19.4 Å².